The molecule has 1 aliphatic rings. The molecule has 1 N–H and O–H groups in total. The predicted molar refractivity (Wildman–Crippen MR) is 77.3 cm³/mol. The average Bonchev–Trinajstić information content (AvgIpc) is 2.65. The quantitative estimate of drug-likeness (QED) is 0.904. The van der Waals surface area contributed by atoms with Gasteiger partial charge in [0.2, 0.25) is 0 Å². The topological polar surface area (TPSA) is 41.3 Å². The van der Waals surface area contributed by atoms with E-state index in [1.165, 1.54) is 32.1 Å². The van der Waals surface area contributed by atoms with Crippen LogP contribution in [0.2, 0.25) is 5.02 Å². The van der Waals surface area contributed by atoms with Crippen molar-refractivity contribution in [2.24, 2.45) is 7.05 Å². The van der Waals surface area contributed by atoms with E-state index in [0.717, 1.165) is 23.0 Å². The van der Waals surface area contributed by atoms with E-state index in [0.29, 0.717) is 12.6 Å². The van der Waals surface area contributed by atoms with Crippen LogP contribution in [0.15, 0.2) is 0 Å². The lowest BCUT2D eigenvalue weighted by Gasteiger charge is -2.33. The smallest absolute Gasteiger partial charge is 0.0860 e. The first-order chi connectivity index (χ1) is 9.13. The molecule has 19 heavy (non-hydrogen) atoms. The van der Waals surface area contributed by atoms with E-state index in [9.17, 15) is 5.11 Å². The molecule has 4 nitrogen and oxygen atoms in total. The molecule has 0 radical (unpaired) electrons. The molecule has 2 rings (SSSR count). The molecule has 1 aromatic rings. The summed E-state index contributed by atoms with van der Waals surface area (Å²) in [4.78, 5) is 2.36. The first-order valence-corrected chi connectivity index (χ1v) is 7.54. The van der Waals surface area contributed by atoms with Crippen LogP contribution in [0, 0.1) is 6.92 Å². The van der Waals surface area contributed by atoms with Crippen LogP contribution in [0.4, 0.5) is 0 Å². The van der Waals surface area contributed by atoms with Gasteiger partial charge in [0.25, 0.3) is 0 Å². The summed E-state index contributed by atoms with van der Waals surface area (Å²) in [7, 11) is 1.94. The van der Waals surface area contributed by atoms with Crippen LogP contribution in [0.3, 0.4) is 0 Å². The molecule has 0 aliphatic heterocycles. The number of aryl methyl sites for hydroxylation is 2. The maximum absolute atomic E-state index is 9.29. The van der Waals surface area contributed by atoms with Crippen molar-refractivity contribution < 1.29 is 5.11 Å². The highest BCUT2D eigenvalue weighted by atomic mass is 35.5. The fraction of sp³-hybridized carbons (Fsp3) is 0.786. The Labute approximate surface area is 120 Å². The van der Waals surface area contributed by atoms with Crippen LogP contribution < -0.4 is 0 Å². The third-order valence-electron chi connectivity index (χ3n) is 4.09. The minimum Gasteiger partial charge on any atom is -0.395 e. The molecule has 0 atom stereocenters. The minimum atomic E-state index is 0.199. The number of nitrogens with zero attached hydrogens (tertiary/aromatic N) is 3. The molecule has 1 aromatic heterocycles. The largest absolute Gasteiger partial charge is 0.395 e. The van der Waals surface area contributed by atoms with Crippen molar-refractivity contribution in [1.82, 2.24) is 14.7 Å². The maximum Gasteiger partial charge on any atom is 0.0860 e. The molecule has 0 bridgehead atoms. The first-order valence-electron chi connectivity index (χ1n) is 7.16. The molecular weight excluding hydrogens is 262 g/mol. The SMILES string of the molecule is Cc1nn(C)c(CN(CCO)C2CCCCC2)c1Cl. The van der Waals surface area contributed by atoms with Crippen LogP contribution >= 0.6 is 11.6 Å². The molecular formula is C14H24ClN3O. The lowest BCUT2D eigenvalue weighted by Crippen LogP contribution is -2.38. The fourth-order valence-electron chi connectivity index (χ4n) is 3.01. The van der Waals surface area contributed by atoms with Gasteiger partial charge in [0.05, 0.1) is 23.0 Å². The molecule has 1 heterocycles. The molecule has 5 heteroatoms. The molecule has 108 valence electrons. The Morgan fingerprint density at radius 2 is 2.05 bits per heavy atom. The van der Waals surface area contributed by atoms with Gasteiger partial charge in [-0.3, -0.25) is 9.58 Å². The summed E-state index contributed by atoms with van der Waals surface area (Å²) in [6.07, 6.45) is 6.40. The van der Waals surface area contributed by atoms with Gasteiger partial charge in [0.1, 0.15) is 0 Å². The number of halogens is 1. The maximum atomic E-state index is 9.29. The number of rotatable bonds is 5. The lowest BCUT2D eigenvalue weighted by atomic mass is 9.94. The molecule has 1 fully saturated rings. The summed E-state index contributed by atoms with van der Waals surface area (Å²) >= 11 is 6.32. The molecule has 0 unspecified atom stereocenters. The zero-order valence-corrected chi connectivity index (χ0v) is 12.7. The van der Waals surface area contributed by atoms with E-state index in [1.807, 2.05) is 18.7 Å². The molecule has 0 saturated heterocycles. The average molecular weight is 286 g/mol. The lowest BCUT2D eigenvalue weighted by molar-refractivity contribution is 0.114. The first kappa shape index (κ1) is 14.8. The second kappa shape index (κ2) is 6.73. The number of aromatic nitrogens is 2. The second-order valence-electron chi connectivity index (χ2n) is 5.46. The number of hydrogen-bond acceptors (Lipinski definition) is 3. The molecule has 0 amide bonds. The predicted octanol–water partition coefficient (Wildman–Crippen LogP) is 2.51. The second-order valence-corrected chi connectivity index (χ2v) is 5.83. The standard InChI is InChI=1S/C14H24ClN3O/c1-11-14(15)13(17(2)16-11)10-18(8-9-19)12-6-4-3-5-7-12/h12,19H,3-10H2,1-2H3. The summed E-state index contributed by atoms with van der Waals surface area (Å²) in [6.45, 7) is 3.63. The van der Waals surface area contributed by atoms with Crippen molar-refractivity contribution in [3.8, 4) is 0 Å². The van der Waals surface area contributed by atoms with Crippen LogP contribution in [-0.2, 0) is 13.6 Å². The van der Waals surface area contributed by atoms with Gasteiger partial charge in [-0.05, 0) is 19.8 Å². The Kier molecular flexibility index (Phi) is 5.25. The molecule has 1 saturated carbocycles. The van der Waals surface area contributed by atoms with Crippen LogP contribution in [0.25, 0.3) is 0 Å². The van der Waals surface area contributed by atoms with Gasteiger partial charge in [0.15, 0.2) is 0 Å². The Balaban J connectivity index is 2.11. The zero-order chi connectivity index (χ0) is 13.8. The van der Waals surface area contributed by atoms with Crippen LogP contribution in [0.1, 0.15) is 43.5 Å². The molecule has 1 aliphatic carbocycles. The minimum absolute atomic E-state index is 0.199. The van der Waals surface area contributed by atoms with Gasteiger partial charge in [-0.1, -0.05) is 30.9 Å². The van der Waals surface area contributed by atoms with Crippen LogP contribution in [0.5, 0.6) is 0 Å². The Hall–Kier alpha value is -0.580. The number of aliphatic hydroxyl groups is 1. The van der Waals surface area contributed by atoms with E-state index in [2.05, 4.69) is 10.00 Å². The van der Waals surface area contributed by atoms with Gasteiger partial charge in [-0.25, -0.2) is 0 Å². The summed E-state index contributed by atoms with van der Waals surface area (Å²) in [5.74, 6) is 0. The summed E-state index contributed by atoms with van der Waals surface area (Å²) in [6, 6.07) is 0.576. The number of aliphatic hydroxyl groups excluding tert-OH is 1. The molecule has 0 aromatic carbocycles. The summed E-state index contributed by atoms with van der Waals surface area (Å²) < 4.78 is 1.87. The number of hydrogen-bond donors (Lipinski definition) is 1. The van der Waals surface area contributed by atoms with Gasteiger partial charge < -0.3 is 5.11 Å². The van der Waals surface area contributed by atoms with Crippen LogP contribution in [-0.4, -0.2) is 39.0 Å². The highest BCUT2D eigenvalue weighted by molar-refractivity contribution is 6.31. The van der Waals surface area contributed by atoms with Crippen molar-refractivity contribution >= 4 is 11.6 Å². The van der Waals surface area contributed by atoms with Crippen molar-refractivity contribution in [3.63, 3.8) is 0 Å². The van der Waals surface area contributed by atoms with Crippen molar-refractivity contribution in [1.29, 1.82) is 0 Å². The Bertz CT molecular complexity index is 413. The Morgan fingerprint density at radius 1 is 1.37 bits per heavy atom. The van der Waals surface area contributed by atoms with E-state index in [1.54, 1.807) is 0 Å². The third-order valence-corrected chi connectivity index (χ3v) is 4.58. The van der Waals surface area contributed by atoms with E-state index < -0.39 is 0 Å². The summed E-state index contributed by atoms with van der Waals surface area (Å²) in [5, 5.41) is 14.4. The highest BCUT2D eigenvalue weighted by Gasteiger charge is 2.23. The van der Waals surface area contributed by atoms with Crippen molar-refractivity contribution in [2.75, 3.05) is 13.2 Å². The highest BCUT2D eigenvalue weighted by Crippen LogP contribution is 2.26. The summed E-state index contributed by atoms with van der Waals surface area (Å²) in [5.41, 5.74) is 1.94. The van der Waals surface area contributed by atoms with Gasteiger partial charge in [-0.15, -0.1) is 0 Å². The van der Waals surface area contributed by atoms with E-state index in [-0.39, 0.29) is 6.61 Å². The Morgan fingerprint density at radius 3 is 2.58 bits per heavy atom. The van der Waals surface area contributed by atoms with Gasteiger partial charge in [-0.2, -0.15) is 5.10 Å². The fourth-order valence-corrected chi connectivity index (χ4v) is 3.23. The zero-order valence-electron chi connectivity index (χ0n) is 11.9. The monoisotopic (exact) mass is 285 g/mol. The third kappa shape index (κ3) is 3.50. The van der Waals surface area contributed by atoms with Crippen molar-refractivity contribution in [3.05, 3.63) is 16.4 Å². The van der Waals surface area contributed by atoms with E-state index in [4.69, 9.17) is 11.6 Å². The van der Waals surface area contributed by atoms with Gasteiger partial charge in [0, 0.05) is 26.2 Å². The van der Waals surface area contributed by atoms with Crippen molar-refractivity contribution in [2.45, 2.75) is 51.6 Å². The normalized spacial score (nSPS) is 17.3. The van der Waals surface area contributed by atoms with E-state index >= 15 is 0 Å². The van der Waals surface area contributed by atoms with Gasteiger partial charge >= 0.3 is 0 Å². The molecule has 0 spiro atoms.